The quantitative estimate of drug-likeness (QED) is 0.753. The molecule has 0 aliphatic rings. The summed E-state index contributed by atoms with van der Waals surface area (Å²) < 4.78 is 11.7. The van der Waals surface area contributed by atoms with Crippen LogP contribution in [0.4, 0.5) is 4.39 Å². The molecule has 0 radical (unpaired) electrons. The van der Waals surface area contributed by atoms with E-state index in [1.807, 2.05) is 18.2 Å². The molecule has 0 saturated heterocycles. The van der Waals surface area contributed by atoms with Crippen molar-refractivity contribution in [2.24, 2.45) is 0 Å². The molecule has 1 rings (SSSR count). The highest BCUT2D eigenvalue weighted by atomic mass is 32.2. The second-order valence-electron chi connectivity index (χ2n) is 2.77. The third-order valence-electron chi connectivity index (χ3n) is 1.62. The van der Waals surface area contributed by atoms with Crippen molar-refractivity contribution in [3.63, 3.8) is 0 Å². The Balaban J connectivity index is 2.24. The maximum Gasteiger partial charge on any atom is 0.189 e. The Kier molecular flexibility index (Phi) is 5.22. The van der Waals surface area contributed by atoms with Gasteiger partial charge in [0, 0.05) is 18.4 Å². The lowest BCUT2D eigenvalue weighted by atomic mass is 10.4. The molecule has 1 aromatic rings. The first-order valence-electron chi connectivity index (χ1n) is 4.44. The van der Waals surface area contributed by atoms with Crippen LogP contribution in [0.15, 0.2) is 24.4 Å². The lowest BCUT2D eigenvalue weighted by Gasteiger charge is -1.98. The van der Waals surface area contributed by atoms with Crippen LogP contribution in [-0.2, 0) is 10.5 Å². The molecular weight excluding hydrogens is 201 g/mol. The van der Waals surface area contributed by atoms with Gasteiger partial charge in [0.2, 0.25) is 0 Å². The maximum atomic E-state index is 11.7. The van der Waals surface area contributed by atoms with E-state index in [4.69, 9.17) is 0 Å². The van der Waals surface area contributed by atoms with E-state index in [1.165, 1.54) is 11.8 Å². The maximum absolute atomic E-state index is 11.7. The Hall–Kier alpha value is -0.900. The predicted molar refractivity (Wildman–Crippen MR) is 55.7 cm³/mol. The molecule has 0 fully saturated rings. The summed E-state index contributed by atoms with van der Waals surface area (Å²) in [6, 6.07) is 5.59. The van der Waals surface area contributed by atoms with Crippen LogP contribution in [0.25, 0.3) is 0 Å². The van der Waals surface area contributed by atoms with Gasteiger partial charge in [-0.3, -0.25) is 14.2 Å². The Morgan fingerprint density at radius 2 is 2.36 bits per heavy atom. The fourth-order valence-electron chi connectivity index (χ4n) is 0.921. The van der Waals surface area contributed by atoms with Gasteiger partial charge in [-0.1, -0.05) is 17.8 Å². The lowest BCUT2D eigenvalue weighted by molar-refractivity contribution is -0.111. The van der Waals surface area contributed by atoms with Crippen molar-refractivity contribution in [2.75, 3.05) is 6.67 Å². The zero-order valence-electron chi connectivity index (χ0n) is 7.78. The van der Waals surface area contributed by atoms with Gasteiger partial charge < -0.3 is 0 Å². The Bertz CT molecular complexity index is 279. The molecule has 0 amide bonds. The van der Waals surface area contributed by atoms with Crippen LogP contribution in [0.1, 0.15) is 18.5 Å². The van der Waals surface area contributed by atoms with E-state index in [1.54, 1.807) is 6.20 Å². The van der Waals surface area contributed by atoms with Gasteiger partial charge in [-0.05, 0) is 18.6 Å². The van der Waals surface area contributed by atoms with Crippen molar-refractivity contribution < 1.29 is 9.18 Å². The zero-order chi connectivity index (χ0) is 10.2. The third-order valence-corrected chi connectivity index (χ3v) is 2.59. The topological polar surface area (TPSA) is 30.0 Å². The van der Waals surface area contributed by atoms with Crippen molar-refractivity contribution in [2.45, 2.75) is 18.6 Å². The van der Waals surface area contributed by atoms with Crippen LogP contribution < -0.4 is 0 Å². The molecule has 0 unspecified atom stereocenters. The molecule has 1 heterocycles. The lowest BCUT2D eigenvalue weighted by Crippen LogP contribution is -1.94. The number of carbonyl (C=O) groups is 1. The summed E-state index contributed by atoms with van der Waals surface area (Å²) >= 11 is 1.20. The average molecular weight is 213 g/mol. The van der Waals surface area contributed by atoms with Gasteiger partial charge in [0.15, 0.2) is 5.12 Å². The predicted octanol–water partition coefficient (Wildman–Crippen LogP) is 2.59. The van der Waals surface area contributed by atoms with E-state index >= 15 is 0 Å². The molecule has 2 nitrogen and oxygen atoms in total. The molecule has 14 heavy (non-hydrogen) atoms. The van der Waals surface area contributed by atoms with Gasteiger partial charge in [-0.2, -0.15) is 0 Å². The number of thioether (sulfide) groups is 1. The minimum absolute atomic E-state index is 0.0355. The van der Waals surface area contributed by atoms with Crippen LogP contribution in [0.5, 0.6) is 0 Å². The van der Waals surface area contributed by atoms with Crippen molar-refractivity contribution >= 4 is 16.9 Å². The van der Waals surface area contributed by atoms with Gasteiger partial charge in [-0.15, -0.1) is 0 Å². The van der Waals surface area contributed by atoms with Crippen LogP contribution in [0.3, 0.4) is 0 Å². The highest BCUT2D eigenvalue weighted by molar-refractivity contribution is 8.12. The van der Waals surface area contributed by atoms with E-state index in [2.05, 4.69) is 4.98 Å². The molecule has 0 aromatic carbocycles. The summed E-state index contributed by atoms with van der Waals surface area (Å²) in [5.74, 6) is 0.575. The monoisotopic (exact) mass is 213 g/mol. The highest BCUT2D eigenvalue weighted by Gasteiger charge is 2.03. The Morgan fingerprint density at radius 3 is 3.00 bits per heavy atom. The zero-order valence-corrected chi connectivity index (χ0v) is 8.60. The van der Waals surface area contributed by atoms with Gasteiger partial charge in [0.1, 0.15) is 0 Å². The molecule has 0 bridgehead atoms. The first kappa shape index (κ1) is 11.2. The summed E-state index contributed by atoms with van der Waals surface area (Å²) in [5, 5.41) is 0.0355. The van der Waals surface area contributed by atoms with Crippen molar-refractivity contribution in [3.8, 4) is 0 Å². The largest absolute Gasteiger partial charge is 0.287 e. The molecule has 0 atom stereocenters. The third kappa shape index (κ3) is 4.37. The first-order chi connectivity index (χ1) is 6.83. The van der Waals surface area contributed by atoms with Gasteiger partial charge in [0.05, 0.1) is 12.4 Å². The molecule has 0 N–H and O–H groups in total. The van der Waals surface area contributed by atoms with Crippen LogP contribution >= 0.6 is 11.8 Å². The van der Waals surface area contributed by atoms with Crippen LogP contribution in [0, 0.1) is 0 Å². The first-order valence-corrected chi connectivity index (χ1v) is 5.43. The van der Waals surface area contributed by atoms with E-state index < -0.39 is 6.67 Å². The fraction of sp³-hybridized carbons (Fsp3) is 0.400. The molecular formula is C10H12FNOS. The van der Waals surface area contributed by atoms with Gasteiger partial charge >= 0.3 is 0 Å². The Labute approximate surface area is 86.9 Å². The summed E-state index contributed by atoms with van der Waals surface area (Å²) in [6.07, 6.45) is 2.34. The molecule has 76 valence electrons. The van der Waals surface area contributed by atoms with E-state index in [-0.39, 0.29) is 5.12 Å². The van der Waals surface area contributed by atoms with Gasteiger partial charge in [-0.25, -0.2) is 0 Å². The van der Waals surface area contributed by atoms with Crippen molar-refractivity contribution in [1.29, 1.82) is 0 Å². The van der Waals surface area contributed by atoms with Crippen molar-refractivity contribution in [1.82, 2.24) is 4.98 Å². The van der Waals surface area contributed by atoms with Crippen LogP contribution in [0.2, 0.25) is 0 Å². The number of carbonyl (C=O) groups excluding carboxylic acids is 1. The second-order valence-corrected chi connectivity index (χ2v) is 3.81. The number of alkyl halides is 1. The number of hydrogen-bond donors (Lipinski definition) is 0. The molecule has 4 heteroatoms. The molecule has 0 aliphatic carbocycles. The standard InChI is InChI=1S/C10H12FNOS/c11-6-3-5-10(13)14-8-9-4-1-2-7-12-9/h1-2,4,7H,3,5-6,8H2. The smallest absolute Gasteiger partial charge is 0.189 e. The fourth-order valence-corrected chi connectivity index (χ4v) is 1.69. The average Bonchev–Trinajstić information content (AvgIpc) is 2.25. The molecule has 0 saturated carbocycles. The summed E-state index contributed by atoms with van der Waals surface area (Å²) in [5.41, 5.74) is 0.881. The number of aromatic nitrogens is 1. The minimum Gasteiger partial charge on any atom is -0.287 e. The van der Waals surface area contributed by atoms with Gasteiger partial charge in [0.25, 0.3) is 0 Å². The van der Waals surface area contributed by atoms with E-state index in [0.29, 0.717) is 18.6 Å². The second kappa shape index (κ2) is 6.54. The van der Waals surface area contributed by atoms with E-state index in [0.717, 1.165) is 5.69 Å². The molecule has 0 aliphatic heterocycles. The number of nitrogens with zero attached hydrogens (tertiary/aromatic N) is 1. The highest BCUT2D eigenvalue weighted by Crippen LogP contribution is 2.13. The minimum atomic E-state index is -0.421. The summed E-state index contributed by atoms with van der Waals surface area (Å²) in [7, 11) is 0. The molecule has 0 spiro atoms. The normalized spacial score (nSPS) is 10.1. The number of halogens is 1. The Morgan fingerprint density at radius 1 is 1.50 bits per heavy atom. The van der Waals surface area contributed by atoms with E-state index in [9.17, 15) is 9.18 Å². The number of pyridine rings is 1. The molecule has 1 aromatic heterocycles. The SMILES string of the molecule is O=C(CCCF)SCc1ccccn1. The summed E-state index contributed by atoms with van der Waals surface area (Å²) in [4.78, 5) is 15.2. The number of hydrogen-bond acceptors (Lipinski definition) is 3. The van der Waals surface area contributed by atoms with Crippen molar-refractivity contribution in [3.05, 3.63) is 30.1 Å². The summed E-state index contributed by atoms with van der Waals surface area (Å²) in [6.45, 7) is -0.421. The number of rotatable bonds is 5. The van der Waals surface area contributed by atoms with Crippen LogP contribution in [-0.4, -0.2) is 16.8 Å².